The van der Waals surface area contributed by atoms with Gasteiger partial charge in [0.05, 0.1) is 57.8 Å². The molecule has 2 atom stereocenters. The van der Waals surface area contributed by atoms with Crippen LogP contribution in [0.25, 0.3) is 0 Å². The maximum Gasteiger partial charge on any atom is 0.312 e. The smallest absolute Gasteiger partial charge is 0.312 e. The summed E-state index contributed by atoms with van der Waals surface area (Å²) < 4.78 is 55.6. The minimum atomic E-state index is -3.05. The number of likely N-dealkylation sites (tertiary alicyclic amines) is 8. The number of nitrogens with one attached hydrogen (secondary N) is 1. The van der Waals surface area contributed by atoms with Crippen molar-refractivity contribution in [3.05, 3.63) is 228 Å². The Hall–Kier alpha value is -8.00. The largest absolute Gasteiger partial charge is 0.380 e. The molecule has 9 aliphatic rings. The predicted octanol–water partition coefficient (Wildman–Crippen LogP) is 16.6. The SMILES string of the molecule is CCC(=O)C1CCN(C2CCN(C(=O)c3ncnc(CCc4ccc(Cl)c(Cl)c4)c3C)CC2)CC1.CO[C@H]1CN(C2CCN(C(=O)c3ncnc(CCc4ccc(Cl)c(Cl)c4)c3C)CC2)CC[C@H]1CS(C)(=O)=O.Cc1c(CCc2ccc(Cl)c(Cl)c2)ncnc1C(=O)N1CCC(N2CCC(N3CCCS3(=O)=O)CC2)CC1.Cc1c(CCc2ccc(Cl)c(Cl)c2)ncnc1C(=O)N1CCC(N2CCC(NC(N)=O)CC2)CC1. The molecule has 3 N–H and O–H groups in total. The van der Waals surface area contributed by atoms with Crippen molar-refractivity contribution in [2.45, 2.75) is 237 Å². The zero-order chi connectivity index (χ0) is 104. The number of nitrogens with two attached hydrogens (primary N) is 1. The minimum Gasteiger partial charge on any atom is -0.380 e. The van der Waals surface area contributed by atoms with Gasteiger partial charge in [-0.3, -0.25) is 28.9 Å². The maximum atomic E-state index is 13.4. The molecule has 30 nitrogen and oxygen atoms in total. The van der Waals surface area contributed by atoms with Crippen LogP contribution < -0.4 is 11.1 Å². The lowest BCUT2D eigenvalue weighted by Crippen LogP contribution is -2.53. The number of carbonyl (C=O) groups excluding carboxylic acids is 6. The molecule has 9 fully saturated rings. The van der Waals surface area contributed by atoms with Crippen molar-refractivity contribution in [1.29, 1.82) is 0 Å². The Kier molecular flexibility index (Phi) is 41.5. The van der Waals surface area contributed by atoms with Gasteiger partial charge in [-0.15, -0.1) is 0 Å². The summed E-state index contributed by atoms with van der Waals surface area (Å²) >= 11 is 48.6. The van der Waals surface area contributed by atoms with Gasteiger partial charge in [-0.25, -0.2) is 61.5 Å². The van der Waals surface area contributed by atoms with Crippen LogP contribution in [0, 0.1) is 39.5 Å². The Balaban J connectivity index is 0.000000154. The summed E-state index contributed by atoms with van der Waals surface area (Å²) in [6.45, 7) is 23.2. The zero-order valence-corrected chi connectivity index (χ0v) is 92.2. The Labute approximate surface area is 899 Å². The highest BCUT2D eigenvalue weighted by Crippen LogP contribution is 2.36. The fraction of sp³-hybridized carbons (Fsp3) is 0.566. The number of aromatic nitrogens is 8. The van der Waals surface area contributed by atoms with Crippen molar-refractivity contribution in [3.8, 4) is 0 Å². The lowest BCUT2D eigenvalue weighted by molar-refractivity contribution is -0.124. The predicted molar refractivity (Wildman–Crippen MR) is 575 cm³/mol. The molecule has 17 rings (SSSR count). The number of Topliss-reactive ketones (excluding diaryl/α,β-unsaturated/α-hetero) is 1. The van der Waals surface area contributed by atoms with E-state index in [1.54, 1.807) is 35.7 Å². The van der Waals surface area contributed by atoms with Crippen molar-refractivity contribution in [1.82, 2.24) is 88.7 Å². The van der Waals surface area contributed by atoms with Gasteiger partial charge in [0.2, 0.25) is 10.0 Å². The minimum absolute atomic E-state index is 0.00797. The molecule has 4 aromatic heterocycles. The van der Waals surface area contributed by atoms with E-state index in [-0.39, 0.29) is 59.4 Å². The number of carbonyl (C=O) groups is 6. The van der Waals surface area contributed by atoms with E-state index in [0.717, 1.165) is 261 Å². The molecule has 0 spiro atoms. The summed E-state index contributed by atoms with van der Waals surface area (Å²) in [6, 6.07) is 24.1. The van der Waals surface area contributed by atoms with Gasteiger partial charge in [-0.1, -0.05) is 124 Å². The molecule has 790 valence electrons. The lowest BCUT2D eigenvalue weighted by Gasteiger charge is -2.44. The zero-order valence-electron chi connectivity index (χ0n) is 84.6. The summed E-state index contributed by atoms with van der Waals surface area (Å²) in [5, 5.41) is 7.10. The number of sulfone groups is 1. The van der Waals surface area contributed by atoms with Crippen LogP contribution in [0.2, 0.25) is 40.2 Å². The highest BCUT2D eigenvalue weighted by atomic mass is 35.5. The number of aryl methyl sites for hydroxylation is 8. The van der Waals surface area contributed by atoms with E-state index in [9.17, 15) is 45.6 Å². The van der Waals surface area contributed by atoms with Crippen LogP contribution in [-0.4, -0.2) is 314 Å². The second-order valence-corrected chi connectivity index (χ2v) is 47.7. The molecule has 9 aliphatic heterocycles. The number of benzene rings is 4. The summed E-state index contributed by atoms with van der Waals surface area (Å²) in [5.74, 6) is 1.02. The van der Waals surface area contributed by atoms with E-state index in [0.29, 0.717) is 177 Å². The van der Waals surface area contributed by atoms with Gasteiger partial charge in [0.15, 0.2) is 0 Å². The third kappa shape index (κ3) is 30.5. The van der Waals surface area contributed by atoms with Gasteiger partial charge < -0.3 is 50.1 Å². The summed E-state index contributed by atoms with van der Waals surface area (Å²) in [7, 11) is -4.43. The molecule has 0 saturated carbocycles. The van der Waals surface area contributed by atoms with E-state index >= 15 is 0 Å². The van der Waals surface area contributed by atoms with Crippen molar-refractivity contribution in [2.75, 3.05) is 136 Å². The Morgan fingerprint density at radius 1 is 0.390 bits per heavy atom. The number of nitrogens with zero attached hydrogens (tertiary/aromatic N) is 17. The van der Waals surface area contributed by atoms with E-state index < -0.39 is 25.9 Å². The number of sulfonamides is 1. The second-order valence-electron chi connectivity index (χ2n) is 40.2. The average Bonchev–Trinajstić information content (AvgIpc) is 1.37. The van der Waals surface area contributed by atoms with Crippen LogP contribution in [0.3, 0.4) is 0 Å². The molecule has 8 aromatic rings. The number of amides is 6. The molecular formula is C106H137Cl8N19O11S2. The number of urea groups is 1. The van der Waals surface area contributed by atoms with Gasteiger partial charge in [-0.2, -0.15) is 4.31 Å². The van der Waals surface area contributed by atoms with Crippen LogP contribution in [0.4, 0.5) is 4.79 Å². The molecule has 0 unspecified atom stereocenters. The molecule has 4 aromatic carbocycles. The van der Waals surface area contributed by atoms with E-state index in [4.69, 9.17) is 103 Å². The van der Waals surface area contributed by atoms with Crippen LogP contribution in [0.1, 0.15) is 225 Å². The van der Waals surface area contributed by atoms with Crippen LogP contribution >= 0.6 is 92.8 Å². The number of ketones is 1. The fourth-order valence-corrected chi connectivity index (χ4v) is 26.5. The molecule has 9 saturated heterocycles. The van der Waals surface area contributed by atoms with Gasteiger partial charge in [0.1, 0.15) is 63.7 Å². The lowest BCUT2D eigenvalue weighted by atomic mass is 9.89. The van der Waals surface area contributed by atoms with Crippen molar-refractivity contribution in [3.63, 3.8) is 0 Å². The van der Waals surface area contributed by atoms with Gasteiger partial charge in [-0.05, 0) is 285 Å². The van der Waals surface area contributed by atoms with Gasteiger partial charge >= 0.3 is 6.03 Å². The van der Waals surface area contributed by atoms with Crippen molar-refractivity contribution >= 4 is 148 Å². The highest BCUT2D eigenvalue weighted by Gasteiger charge is 2.42. The van der Waals surface area contributed by atoms with Crippen molar-refractivity contribution in [2.24, 2.45) is 17.6 Å². The molecule has 0 bridgehead atoms. The number of rotatable bonds is 27. The Morgan fingerprint density at radius 3 is 0.966 bits per heavy atom. The Bertz CT molecular complexity index is 6110. The quantitative estimate of drug-likeness (QED) is 0.0483. The summed E-state index contributed by atoms with van der Waals surface area (Å²) in [6.07, 6.45) is 28.0. The number of hydrogen-bond acceptors (Lipinski definition) is 23. The third-order valence-electron chi connectivity index (χ3n) is 31.0. The van der Waals surface area contributed by atoms with Crippen LogP contribution in [0.5, 0.6) is 0 Å². The number of methoxy groups -OCH3 is 1. The second kappa shape index (κ2) is 53.3. The van der Waals surface area contributed by atoms with Crippen molar-refractivity contribution < 1.29 is 50.3 Å². The molecule has 146 heavy (non-hydrogen) atoms. The van der Waals surface area contributed by atoms with E-state index in [1.165, 1.54) is 31.6 Å². The average molecular weight is 2200 g/mol. The molecule has 40 heteroatoms. The van der Waals surface area contributed by atoms with Gasteiger partial charge in [0, 0.05) is 191 Å². The standard InChI is InChI=1S/C27H35Cl2N5O3S.C27H36Cl2N4O4S.C27H34Cl2N4O2.C25H32Cl2N6O2/c1-19-25(6-4-20-3-5-23(28)24(29)17-20)30-18-31-26(19)27(35)33-14-7-21(8-15-33)32-12-9-22(10-13-32)34-11-2-16-38(34,36)37;1-18-24(7-5-19-4-6-22(28)23(29)14-19)30-17-31-26(18)27(34)32-12-9-21(10-13-32)33-11-8-20(16-38(3,35)36)25(15-33)37-2;1-3-25(34)20-8-12-32(13-9-20)21-10-14-33(15-11-21)27(35)26-18(2)24(30-17-31-26)7-5-19-4-6-22(28)23(29)16-19;1-16-22(5-3-17-2-4-20(26)21(27)14-17)29-15-30-23(16)24(34)33-12-8-19(9-13-33)32-10-6-18(7-11-32)31-25(28)35/h3,5,17-18,21-22H,2,4,6-16H2,1H3;4,6,14,17,20-21,25H,5,7-13,15-16H2,1-3H3;4,6,16-17,20-21H,3,5,7-15H2,1-2H3;2,4,14-15,18-19H,3,5-13H2,1H3,(H3,28,31,35)/t;20-,25-;;/m.0../s1. The Morgan fingerprint density at radius 2 is 0.685 bits per heavy atom. The van der Waals surface area contributed by atoms with Gasteiger partial charge in [0.25, 0.3) is 23.6 Å². The number of piperidine rings is 8. The maximum absolute atomic E-state index is 13.4. The number of halogens is 8. The molecular weight excluding hydrogens is 2060 g/mol. The molecule has 6 amide bonds. The fourth-order valence-electron chi connectivity index (χ4n) is 22.2. The summed E-state index contributed by atoms with van der Waals surface area (Å²) in [4.78, 5) is 129. The molecule has 0 radical (unpaired) electrons. The number of ether oxygens (including phenoxy) is 1. The number of primary amides is 1. The normalized spacial score (nSPS) is 19.9. The van der Waals surface area contributed by atoms with Crippen LogP contribution in [0.15, 0.2) is 98.1 Å². The summed E-state index contributed by atoms with van der Waals surface area (Å²) in [5.41, 5.74) is 18.3. The third-order valence-corrected chi connectivity index (χ3v) is 37.0. The first-order valence-corrected chi connectivity index (χ1v) is 58.1. The molecule has 13 heterocycles. The first-order chi connectivity index (χ1) is 70.0. The first-order valence-electron chi connectivity index (χ1n) is 51.4. The first kappa shape index (κ1) is 114. The topological polar surface area (TPSA) is 350 Å². The monoisotopic (exact) mass is 2200 g/mol. The highest BCUT2D eigenvalue weighted by molar-refractivity contribution is 7.90. The molecule has 0 aliphatic carbocycles. The van der Waals surface area contributed by atoms with E-state index in [2.05, 4.69) is 64.8 Å². The van der Waals surface area contributed by atoms with E-state index in [1.807, 2.05) is 103 Å². The number of hydrogen-bond donors (Lipinski definition) is 2. The van der Waals surface area contributed by atoms with Crippen LogP contribution in [-0.2, 0) is 80.8 Å².